The van der Waals surface area contributed by atoms with Crippen molar-refractivity contribution in [2.45, 2.75) is 38.9 Å². The molecule has 0 aliphatic rings. The van der Waals surface area contributed by atoms with Crippen LogP contribution in [-0.4, -0.2) is 29.5 Å². The maximum Gasteiger partial charge on any atom is 0.410 e. The molecule has 2 aromatic rings. The quantitative estimate of drug-likeness (QED) is 0.885. The summed E-state index contributed by atoms with van der Waals surface area (Å²) in [6.07, 6.45) is -0.549. The van der Waals surface area contributed by atoms with Gasteiger partial charge in [-0.3, -0.25) is 9.69 Å². The molecule has 138 valence electrons. The average Bonchev–Trinajstić information content (AvgIpc) is 2.61. The van der Waals surface area contributed by atoms with Crippen LogP contribution >= 0.6 is 0 Å². The van der Waals surface area contributed by atoms with Gasteiger partial charge in [0.2, 0.25) is 5.91 Å². The van der Waals surface area contributed by atoms with Crippen molar-refractivity contribution in [3.63, 3.8) is 0 Å². The standard InChI is InChI=1S/C21H26N2O3/c1-21(2,3)22-19(24)18(17-13-9-6-10-14-17)23(20(25)26-4)15-16-11-7-5-8-12-16/h5-14,18H,15H2,1-4H3,(H,22,24)/t18-/m0/s1. The van der Waals surface area contributed by atoms with Crippen LogP contribution in [0.1, 0.15) is 37.9 Å². The van der Waals surface area contributed by atoms with E-state index in [2.05, 4.69) is 5.32 Å². The van der Waals surface area contributed by atoms with Crippen molar-refractivity contribution in [3.05, 3.63) is 71.8 Å². The molecule has 0 aromatic heterocycles. The van der Waals surface area contributed by atoms with E-state index in [4.69, 9.17) is 4.74 Å². The van der Waals surface area contributed by atoms with E-state index in [1.807, 2.05) is 81.4 Å². The monoisotopic (exact) mass is 354 g/mol. The molecule has 2 aromatic carbocycles. The number of carbonyl (C=O) groups is 2. The molecule has 0 spiro atoms. The molecule has 0 aliphatic heterocycles. The summed E-state index contributed by atoms with van der Waals surface area (Å²) in [4.78, 5) is 27.0. The Morgan fingerprint density at radius 1 is 1.00 bits per heavy atom. The minimum atomic E-state index is -0.789. The average molecular weight is 354 g/mol. The van der Waals surface area contributed by atoms with Crippen LogP contribution in [0.2, 0.25) is 0 Å². The molecule has 0 heterocycles. The third-order valence-corrected chi connectivity index (χ3v) is 3.78. The van der Waals surface area contributed by atoms with E-state index < -0.39 is 17.7 Å². The van der Waals surface area contributed by atoms with Crippen LogP contribution in [0.3, 0.4) is 0 Å². The Balaban J connectivity index is 2.43. The lowest BCUT2D eigenvalue weighted by Crippen LogP contribution is -2.49. The van der Waals surface area contributed by atoms with Crippen molar-refractivity contribution in [1.82, 2.24) is 10.2 Å². The normalized spacial score (nSPS) is 12.2. The second-order valence-electron chi connectivity index (χ2n) is 7.14. The second-order valence-corrected chi connectivity index (χ2v) is 7.14. The summed E-state index contributed by atoms with van der Waals surface area (Å²) in [6, 6.07) is 18.0. The summed E-state index contributed by atoms with van der Waals surface area (Å²) in [6.45, 7) is 6.00. The number of nitrogens with zero attached hydrogens (tertiary/aromatic N) is 1. The van der Waals surface area contributed by atoms with Crippen molar-refractivity contribution in [2.75, 3.05) is 7.11 Å². The minimum Gasteiger partial charge on any atom is -0.453 e. The van der Waals surface area contributed by atoms with Gasteiger partial charge in [-0.05, 0) is 31.9 Å². The molecule has 2 amide bonds. The van der Waals surface area contributed by atoms with Gasteiger partial charge in [-0.1, -0.05) is 60.7 Å². The number of rotatable bonds is 5. The molecule has 0 saturated heterocycles. The number of hydrogen-bond donors (Lipinski definition) is 1. The van der Waals surface area contributed by atoms with Crippen molar-refractivity contribution in [3.8, 4) is 0 Å². The first-order chi connectivity index (χ1) is 12.3. The number of ether oxygens (including phenoxy) is 1. The minimum absolute atomic E-state index is 0.245. The highest BCUT2D eigenvalue weighted by atomic mass is 16.5. The molecule has 0 fully saturated rings. The Morgan fingerprint density at radius 3 is 2.04 bits per heavy atom. The first-order valence-corrected chi connectivity index (χ1v) is 8.57. The van der Waals surface area contributed by atoms with Crippen LogP contribution in [-0.2, 0) is 16.1 Å². The zero-order chi connectivity index (χ0) is 19.2. The molecule has 5 nitrogen and oxygen atoms in total. The summed E-state index contributed by atoms with van der Waals surface area (Å²) < 4.78 is 4.97. The summed E-state index contributed by atoms with van der Waals surface area (Å²) in [5, 5.41) is 2.97. The number of nitrogens with one attached hydrogen (secondary N) is 1. The molecule has 0 saturated carbocycles. The third kappa shape index (κ3) is 5.34. The lowest BCUT2D eigenvalue weighted by Gasteiger charge is -2.32. The Hall–Kier alpha value is -2.82. The molecule has 0 aliphatic carbocycles. The fraction of sp³-hybridized carbons (Fsp3) is 0.333. The third-order valence-electron chi connectivity index (χ3n) is 3.78. The van der Waals surface area contributed by atoms with Gasteiger partial charge >= 0.3 is 6.09 Å². The lowest BCUT2D eigenvalue weighted by molar-refractivity contribution is -0.127. The fourth-order valence-electron chi connectivity index (χ4n) is 2.70. The molecule has 5 heteroatoms. The highest BCUT2D eigenvalue weighted by Gasteiger charge is 2.33. The van der Waals surface area contributed by atoms with Crippen LogP contribution in [0.15, 0.2) is 60.7 Å². The zero-order valence-corrected chi connectivity index (χ0v) is 15.7. The van der Waals surface area contributed by atoms with Crippen molar-refractivity contribution < 1.29 is 14.3 Å². The smallest absolute Gasteiger partial charge is 0.410 e. The molecule has 26 heavy (non-hydrogen) atoms. The highest BCUT2D eigenvalue weighted by Crippen LogP contribution is 2.25. The van der Waals surface area contributed by atoms with Crippen LogP contribution in [0.25, 0.3) is 0 Å². The van der Waals surface area contributed by atoms with Gasteiger partial charge in [0.1, 0.15) is 6.04 Å². The number of carbonyl (C=O) groups excluding carboxylic acids is 2. The maximum atomic E-state index is 13.1. The number of hydrogen-bond acceptors (Lipinski definition) is 3. The first kappa shape index (κ1) is 19.5. The van der Waals surface area contributed by atoms with Gasteiger partial charge in [-0.15, -0.1) is 0 Å². The van der Waals surface area contributed by atoms with Crippen molar-refractivity contribution >= 4 is 12.0 Å². The Labute approximate surface area is 155 Å². The Bertz CT molecular complexity index is 724. The Kier molecular flexibility index (Phi) is 6.39. The van der Waals surface area contributed by atoms with Gasteiger partial charge < -0.3 is 10.1 Å². The summed E-state index contributed by atoms with van der Waals surface area (Å²) >= 11 is 0. The maximum absolute atomic E-state index is 13.1. The molecule has 1 atom stereocenters. The van der Waals surface area contributed by atoms with Crippen molar-refractivity contribution in [1.29, 1.82) is 0 Å². The van der Waals surface area contributed by atoms with Crippen LogP contribution < -0.4 is 5.32 Å². The molecule has 0 radical (unpaired) electrons. The van der Waals surface area contributed by atoms with Gasteiger partial charge in [0.25, 0.3) is 0 Å². The van der Waals surface area contributed by atoms with E-state index >= 15 is 0 Å². The van der Waals surface area contributed by atoms with Gasteiger partial charge in [0.05, 0.1) is 13.7 Å². The molecule has 2 rings (SSSR count). The molecule has 1 N–H and O–H groups in total. The largest absolute Gasteiger partial charge is 0.453 e. The zero-order valence-electron chi connectivity index (χ0n) is 15.7. The first-order valence-electron chi connectivity index (χ1n) is 8.57. The van der Waals surface area contributed by atoms with E-state index in [1.165, 1.54) is 12.0 Å². The van der Waals surface area contributed by atoms with Crippen molar-refractivity contribution in [2.24, 2.45) is 0 Å². The van der Waals surface area contributed by atoms with Gasteiger partial charge in [-0.25, -0.2) is 4.79 Å². The van der Waals surface area contributed by atoms with E-state index in [0.29, 0.717) is 0 Å². The van der Waals surface area contributed by atoms with E-state index in [0.717, 1.165) is 11.1 Å². The highest BCUT2D eigenvalue weighted by molar-refractivity contribution is 5.87. The summed E-state index contributed by atoms with van der Waals surface area (Å²) in [7, 11) is 1.32. The lowest BCUT2D eigenvalue weighted by atomic mass is 10.0. The van der Waals surface area contributed by atoms with Crippen LogP contribution in [0.4, 0.5) is 4.79 Å². The van der Waals surface area contributed by atoms with Crippen LogP contribution in [0, 0.1) is 0 Å². The number of methoxy groups -OCH3 is 1. The molecule has 0 unspecified atom stereocenters. The Morgan fingerprint density at radius 2 is 1.54 bits per heavy atom. The summed E-state index contributed by atoms with van der Waals surface area (Å²) in [5.74, 6) is -0.245. The fourth-order valence-corrected chi connectivity index (χ4v) is 2.70. The van der Waals surface area contributed by atoms with Gasteiger partial charge in [0, 0.05) is 5.54 Å². The molecular weight excluding hydrogens is 328 g/mol. The predicted molar refractivity (Wildman–Crippen MR) is 101 cm³/mol. The van der Waals surface area contributed by atoms with Gasteiger partial charge in [-0.2, -0.15) is 0 Å². The number of benzene rings is 2. The summed E-state index contributed by atoms with van der Waals surface area (Å²) in [5.41, 5.74) is 1.23. The molecule has 0 bridgehead atoms. The van der Waals surface area contributed by atoms with E-state index in [9.17, 15) is 9.59 Å². The van der Waals surface area contributed by atoms with Gasteiger partial charge in [0.15, 0.2) is 0 Å². The van der Waals surface area contributed by atoms with E-state index in [1.54, 1.807) is 0 Å². The predicted octanol–water partition coefficient (Wildman–Crippen LogP) is 3.91. The van der Waals surface area contributed by atoms with E-state index in [-0.39, 0.29) is 12.5 Å². The SMILES string of the molecule is COC(=O)N(Cc1ccccc1)[C@H](C(=O)NC(C)(C)C)c1ccccc1. The van der Waals surface area contributed by atoms with Crippen LogP contribution in [0.5, 0.6) is 0 Å². The second kappa shape index (κ2) is 8.52. The number of amides is 2. The molecular formula is C21H26N2O3. The topological polar surface area (TPSA) is 58.6 Å².